The van der Waals surface area contributed by atoms with Crippen molar-refractivity contribution in [2.75, 3.05) is 49.5 Å². The van der Waals surface area contributed by atoms with Gasteiger partial charge in [-0.15, -0.1) is 0 Å². The Kier molecular flexibility index (Phi) is 5.53. The lowest BCUT2D eigenvalue weighted by molar-refractivity contribution is 0.187. The second kappa shape index (κ2) is 8.20. The first-order valence-corrected chi connectivity index (χ1v) is 10.2. The monoisotopic (exact) mass is 358 g/mol. The average molecular weight is 358 g/mol. The molecule has 3 heterocycles. The van der Waals surface area contributed by atoms with Gasteiger partial charge in [-0.25, -0.2) is 14.8 Å². The van der Waals surface area contributed by atoms with Crippen LogP contribution in [0, 0.1) is 0 Å². The maximum atomic E-state index is 12.4. The van der Waals surface area contributed by atoms with Crippen LogP contribution >= 0.6 is 0 Å². The van der Waals surface area contributed by atoms with E-state index in [1.807, 2.05) is 11.0 Å². The van der Waals surface area contributed by atoms with E-state index in [1.165, 1.54) is 32.1 Å². The first kappa shape index (κ1) is 17.5. The van der Waals surface area contributed by atoms with Crippen LogP contribution in [0.2, 0.25) is 0 Å². The standard InChI is InChI=1S/C19H30N6O/c26-19(25-8-4-1-5-9-25)22-17-14-18(21-15-20-17)24-12-10-23(11-13-24)16-6-2-3-7-16/h14-16H,1-13H2,(H,20,21,22,26). The van der Waals surface area contributed by atoms with Gasteiger partial charge in [0, 0.05) is 51.4 Å². The Labute approximate surface area is 155 Å². The molecular formula is C19H30N6O. The summed E-state index contributed by atoms with van der Waals surface area (Å²) in [7, 11) is 0. The van der Waals surface area contributed by atoms with Crippen molar-refractivity contribution in [1.29, 1.82) is 0 Å². The highest BCUT2D eigenvalue weighted by molar-refractivity contribution is 5.88. The van der Waals surface area contributed by atoms with Gasteiger partial charge in [0.25, 0.3) is 0 Å². The summed E-state index contributed by atoms with van der Waals surface area (Å²) in [5, 5.41) is 2.94. The van der Waals surface area contributed by atoms with Gasteiger partial charge < -0.3 is 9.80 Å². The molecule has 1 saturated carbocycles. The van der Waals surface area contributed by atoms with Crippen LogP contribution in [0.5, 0.6) is 0 Å². The summed E-state index contributed by atoms with van der Waals surface area (Å²) in [5.41, 5.74) is 0. The van der Waals surface area contributed by atoms with Gasteiger partial charge in [0.05, 0.1) is 0 Å². The van der Waals surface area contributed by atoms with Gasteiger partial charge in [0.1, 0.15) is 18.0 Å². The number of hydrogen-bond donors (Lipinski definition) is 1. The highest BCUT2D eigenvalue weighted by Crippen LogP contribution is 2.25. The van der Waals surface area contributed by atoms with Crippen LogP contribution in [-0.2, 0) is 0 Å². The van der Waals surface area contributed by atoms with Gasteiger partial charge >= 0.3 is 6.03 Å². The normalized spacial score (nSPS) is 22.6. The predicted octanol–water partition coefficient (Wildman–Crippen LogP) is 2.56. The van der Waals surface area contributed by atoms with E-state index in [-0.39, 0.29) is 6.03 Å². The number of rotatable bonds is 3. The van der Waals surface area contributed by atoms with E-state index in [4.69, 9.17) is 0 Å². The number of piperazine rings is 1. The van der Waals surface area contributed by atoms with Crippen LogP contribution in [0.25, 0.3) is 0 Å². The number of carbonyl (C=O) groups excluding carboxylic acids is 1. The zero-order chi connectivity index (χ0) is 17.8. The van der Waals surface area contributed by atoms with Crippen molar-refractivity contribution in [3.8, 4) is 0 Å². The summed E-state index contributed by atoms with van der Waals surface area (Å²) in [6, 6.07) is 2.66. The molecule has 4 rings (SSSR count). The molecule has 26 heavy (non-hydrogen) atoms. The van der Waals surface area contributed by atoms with E-state index in [1.54, 1.807) is 6.33 Å². The Morgan fingerprint density at radius 1 is 0.923 bits per heavy atom. The van der Waals surface area contributed by atoms with Gasteiger partial charge in [0.15, 0.2) is 0 Å². The molecule has 1 N–H and O–H groups in total. The van der Waals surface area contributed by atoms with Crippen LogP contribution in [0.3, 0.4) is 0 Å². The Balaban J connectivity index is 1.33. The molecular weight excluding hydrogens is 328 g/mol. The molecule has 1 aromatic rings. The summed E-state index contributed by atoms with van der Waals surface area (Å²) in [4.78, 5) is 27.9. The second-order valence-electron chi connectivity index (χ2n) is 7.70. The molecule has 0 spiro atoms. The molecule has 2 saturated heterocycles. The topological polar surface area (TPSA) is 64.6 Å². The Morgan fingerprint density at radius 2 is 1.65 bits per heavy atom. The SMILES string of the molecule is O=C(Nc1cc(N2CCN(C3CCCC3)CC2)ncn1)N1CCCCC1. The van der Waals surface area contributed by atoms with E-state index in [0.717, 1.165) is 64.0 Å². The van der Waals surface area contributed by atoms with Crippen LogP contribution in [0.4, 0.5) is 16.4 Å². The van der Waals surface area contributed by atoms with Crippen molar-refractivity contribution in [2.45, 2.75) is 51.0 Å². The molecule has 1 aromatic heterocycles. The lowest BCUT2D eigenvalue weighted by Crippen LogP contribution is -2.50. The fourth-order valence-electron chi connectivity index (χ4n) is 4.46. The average Bonchev–Trinajstić information content (AvgIpc) is 3.24. The minimum Gasteiger partial charge on any atom is -0.354 e. The van der Waals surface area contributed by atoms with Crippen LogP contribution in [0.15, 0.2) is 12.4 Å². The molecule has 2 aliphatic heterocycles. The first-order valence-electron chi connectivity index (χ1n) is 10.2. The molecule has 0 bridgehead atoms. The zero-order valence-electron chi connectivity index (χ0n) is 15.6. The van der Waals surface area contributed by atoms with E-state index in [0.29, 0.717) is 5.82 Å². The quantitative estimate of drug-likeness (QED) is 0.900. The Bertz CT molecular complexity index is 604. The molecule has 0 radical (unpaired) electrons. The fourth-order valence-corrected chi connectivity index (χ4v) is 4.46. The number of nitrogens with zero attached hydrogens (tertiary/aromatic N) is 5. The number of amides is 2. The Morgan fingerprint density at radius 3 is 2.38 bits per heavy atom. The predicted molar refractivity (Wildman–Crippen MR) is 103 cm³/mol. The number of nitrogens with one attached hydrogen (secondary N) is 1. The van der Waals surface area contributed by atoms with Crippen molar-refractivity contribution < 1.29 is 4.79 Å². The number of anilines is 2. The van der Waals surface area contributed by atoms with Gasteiger partial charge in [0.2, 0.25) is 0 Å². The molecule has 3 aliphatic rings. The van der Waals surface area contributed by atoms with Crippen molar-refractivity contribution in [3.05, 3.63) is 12.4 Å². The summed E-state index contributed by atoms with van der Waals surface area (Å²) >= 11 is 0. The van der Waals surface area contributed by atoms with Crippen molar-refractivity contribution in [2.24, 2.45) is 0 Å². The van der Waals surface area contributed by atoms with Gasteiger partial charge in [-0.1, -0.05) is 12.8 Å². The van der Waals surface area contributed by atoms with Crippen molar-refractivity contribution in [3.63, 3.8) is 0 Å². The number of piperidine rings is 1. The molecule has 7 nitrogen and oxygen atoms in total. The van der Waals surface area contributed by atoms with Crippen LogP contribution < -0.4 is 10.2 Å². The zero-order valence-corrected chi connectivity index (χ0v) is 15.6. The Hall–Kier alpha value is -1.89. The highest BCUT2D eigenvalue weighted by Gasteiger charge is 2.26. The number of aromatic nitrogens is 2. The van der Waals surface area contributed by atoms with E-state index < -0.39 is 0 Å². The summed E-state index contributed by atoms with van der Waals surface area (Å²) < 4.78 is 0. The van der Waals surface area contributed by atoms with Gasteiger partial charge in [-0.2, -0.15) is 0 Å². The third-order valence-electron chi connectivity index (χ3n) is 6.01. The third-order valence-corrected chi connectivity index (χ3v) is 6.01. The third kappa shape index (κ3) is 4.09. The molecule has 7 heteroatoms. The number of urea groups is 1. The second-order valence-corrected chi connectivity index (χ2v) is 7.70. The van der Waals surface area contributed by atoms with Gasteiger partial charge in [-0.05, 0) is 32.1 Å². The summed E-state index contributed by atoms with van der Waals surface area (Å²) in [6.45, 7) is 5.87. The lowest BCUT2D eigenvalue weighted by Gasteiger charge is -2.38. The molecule has 2 amide bonds. The molecule has 3 fully saturated rings. The van der Waals surface area contributed by atoms with Gasteiger partial charge in [-0.3, -0.25) is 10.2 Å². The maximum Gasteiger partial charge on any atom is 0.323 e. The number of likely N-dealkylation sites (tertiary alicyclic amines) is 1. The smallest absolute Gasteiger partial charge is 0.323 e. The van der Waals surface area contributed by atoms with Crippen molar-refractivity contribution in [1.82, 2.24) is 19.8 Å². The minimum absolute atomic E-state index is 0.0413. The summed E-state index contributed by atoms with van der Waals surface area (Å²) in [6.07, 6.45) is 10.5. The molecule has 0 aromatic carbocycles. The summed E-state index contributed by atoms with van der Waals surface area (Å²) in [5.74, 6) is 1.52. The molecule has 1 aliphatic carbocycles. The molecule has 142 valence electrons. The first-order chi connectivity index (χ1) is 12.8. The lowest BCUT2D eigenvalue weighted by atomic mass is 10.1. The number of hydrogen-bond acceptors (Lipinski definition) is 5. The van der Waals surface area contributed by atoms with E-state index >= 15 is 0 Å². The minimum atomic E-state index is -0.0413. The highest BCUT2D eigenvalue weighted by atomic mass is 16.2. The fraction of sp³-hybridized carbons (Fsp3) is 0.737. The van der Waals surface area contributed by atoms with Crippen LogP contribution in [0.1, 0.15) is 44.9 Å². The van der Waals surface area contributed by atoms with E-state index in [2.05, 4.69) is 25.1 Å². The van der Waals surface area contributed by atoms with E-state index in [9.17, 15) is 4.79 Å². The molecule has 0 unspecified atom stereocenters. The maximum absolute atomic E-state index is 12.4. The van der Waals surface area contributed by atoms with Crippen molar-refractivity contribution >= 4 is 17.7 Å². The largest absolute Gasteiger partial charge is 0.354 e. The van der Waals surface area contributed by atoms with Crippen LogP contribution in [-0.4, -0.2) is 71.1 Å². The molecule has 0 atom stereocenters. The number of carbonyl (C=O) groups is 1.